The fourth-order valence-corrected chi connectivity index (χ4v) is 4.31. The first kappa shape index (κ1) is 18.3. The number of benzene rings is 2. The Kier molecular flexibility index (Phi) is 5.15. The van der Waals surface area contributed by atoms with Crippen molar-refractivity contribution in [2.24, 2.45) is 0 Å². The number of nitrogens with zero attached hydrogens (tertiary/aromatic N) is 2. The monoisotopic (exact) mass is 407 g/mol. The van der Waals surface area contributed by atoms with Gasteiger partial charge in [-0.2, -0.15) is 0 Å². The third kappa shape index (κ3) is 3.65. The Morgan fingerprint density at radius 2 is 2.11 bits per heavy atom. The Balaban J connectivity index is 1.44. The summed E-state index contributed by atoms with van der Waals surface area (Å²) >= 11 is 2.75. The summed E-state index contributed by atoms with van der Waals surface area (Å²) in [5.74, 6) is 1.83. The Morgan fingerprint density at radius 3 is 2.89 bits per heavy atom. The van der Waals surface area contributed by atoms with Crippen molar-refractivity contribution in [1.29, 1.82) is 0 Å². The minimum absolute atomic E-state index is 0.285. The van der Waals surface area contributed by atoms with Crippen LogP contribution in [-0.4, -0.2) is 22.4 Å². The number of carbonyl (C=O) groups is 1. The molecule has 0 aliphatic carbocycles. The molecule has 1 amide bonds. The van der Waals surface area contributed by atoms with Crippen LogP contribution in [0, 0.1) is 18.2 Å². The molecule has 0 bridgehead atoms. The second-order valence-electron chi connectivity index (χ2n) is 6.01. The summed E-state index contributed by atoms with van der Waals surface area (Å²) in [6.07, 6.45) is 5.77. The van der Waals surface area contributed by atoms with Crippen LogP contribution < -0.4 is 5.32 Å². The van der Waals surface area contributed by atoms with Crippen molar-refractivity contribution in [2.75, 3.05) is 6.54 Å². The van der Waals surface area contributed by atoms with E-state index in [-0.39, 0.29) is 11.7 Å². The van der Waals surface area contributed by atoms with E-state index >= 15 is 0 Å². The van der Waals surface area contributed by atoms with Gasteiger partial charge in [0, 0.05) is 23.1 Å². The molecule has 4 rings (SSSR count). The molecule has 0 radical (unpaired) electrons. The summed E-state index contributed by atoms with van der Waals surface area (Å²) in [6, 6.07) is 10.9. The third-order valence-electron chi connectivity index (χ3n) is 4.24. The summed E-state index contributed by atoms with van der Waals surface area (Å²) in [4.78, 5) is 20.4. The molecular weight excluding hydrogens is 393 g/mol. The largest absolute Gasteiger partial charge is 0.350 e. The highest BCUT2D eigenvalue weighted by Crippen LogP contribution is 2.32. The van der Waals surface area contributed by atoms with Crippen molar-refractivity contribution >= 4 is 38.8 Å². The van der Waals surface area contributed by atoms with Crippen molar-refractivity contribution in [3.63, 3.8) is 0 Å². The van der Waals surface area contributed by atoms with Gasteiger partial charge in [-0.15, -0.1) is 29.1 Å². The van der Waals surface area contributed by atoms with Crippen LogP contribution in [0.15, 0.2) is 47.3 Å². The van der Waals surface area contributed by atoms with E-state index in [0.717, 1.165) is 21.3 Å². The lowest BCUT2D eigenvalue weighted by Gasteiger charge is -2.08. The van der Waals surface area contributed by atoms with E-state index in [1.165, 1.54) is 28.7 Å². The molecular formula is C21H14FN3OS2. The lowest BCUT2D eigenvalue weighted by atomic mass is 10.0. The number of rotatable bonds is 5. The Bertz CT molecular complexity index is 1210. The maximum absolute atomic E-state index is 14.7. The summed E-state index contributed by atoms with van der Waals surface area (Å²) < 4.78 is 15.7. The molecule has 1 N–H and O–H groups in total. The number of halogens is 1. The van der Waals surface area contributed by atoms with Crippen LogP contribution in [0.25, 0.3) is 21.3 Å². The molecule has 0 saturated heterocycles. The van der Waals surface area contributed by atoms with Gasteiger partial charge in [0.15, 0.2) is 5.01 Å². The summed E-state index contributed by atoms with van der Waals surface area (Å²) in [6.45, 7) is 0.380. The van der Waals surface area contributed by atoms with Gasteiger partial charge in [-0.25, -0.2) is 14.4 Å². The van der Waals surface area contributed by atoms with Crippen molar-refractivity contribution < 1.29 is 9.18 Å². The molecule has 138 valence electrons. The molecule has 0 aliphatic rings. The molecule has 2 aromatic heterocycles. The minimum atomic E-state index is -0.289. The number of nitrogens with one attached hydrogen (secondary N) is 1. The molecule has 2 aromatic carbocycles. The van der Waals surface area contributed by atoms with E-state index < -0.39 is 0 Å². The van der Waals surface area contributed by atoms with Crippen LogP contribution in [0.3, 0.4) is 0 Å². The number of terminal acetylenes is 1. The van der Waals surface area contributed by atoms with Gasteiger partial charge in [0.2, 0.25) is 0 Å². The normalized spacial score (nSPS) is 10.7. The average molecular weight is 407 g/mol. The lowest BCUT2D eigenvalue weighted by molar-refractivity contribution is 0.0950. The number of hydrogen-bond donors (Lipinski definition) is 1. The van der Waals surface area contributed by atoms with Crippen LogP contribution in [0.4, 0.5) is 4.39 Å². The summed E-state index contributed by atoms with van der Waals surface area (Å²) in [5.41, 5.74) is 5.12. The maximum atomic E-state index is 14.7. The maximum Gasteiger partial charge on any atom is 0.270 e. The van der Waals surface area contributed by atoms with Gasteiger partial charge < -0.3 is 5.32 Å². The first-order chi connectivity index (χ1) is 13.7. The summed E-state index contributed by atoms with van der Waals surface area (Å²) in [7, 11) is 0. The predicted octanol–water partition coefficient (Wildman–Crippen LogP) is 4.51. The smallest absolute Gasteiger partial charge is 0.270 e. The number of hydrogen-bond acceptors (Lipinski definition) is 5. The van der Waals surface area contributed by atoms with Crippen molar-refractivity contribution in [3.8, 4) is 23.5 Å². The number of fused-ring (bicyclic) bond motifs is 1. The van der Waals surface area contributed by atoms with Crippen molar-refractivity contribution in [3.05, 3.63) is 69.4 Å². The average Bonchev–Trinajstić information content (AvgIpc) is 3.37. The minimum Gasteiger partial charge on any atom is -0.350 e. The highest BCUT2D eigenvalue weighted by atomic mass is 32.1. The zero-order valence-electron chi connectivity index (χ0n) is 14.6. The molecule has 7 heteroatoms. The molecule has 2 heterocycles. The van der Waals surface area contributed by atoms with E-state index in [4.69, 9.17) is 6.42 Å². The first-order valence-electron chi connectivity index (χ1n) is 8.47. The predicted molar refractivity (Wildman–Crippen MR) is 111 cm³/mol. The highest BCUT2D eigenvalue weighted by Gasteiger charge is 2.12. The van der Waals surface area contributed by atoms with Gasteiger partial charge in [0.1, 0.15) is 11.5 Å². The van der Waals surface area contributed by atoms with Gasteiger partial charge in [0.25, 0.3) is 5.91 Å². The first-order valence-corrected chi connectivity index (χ1v) is 10.2. The zero-order valence-corrected chi connectivity index (χ0v) is 16.2. The Morgan fingerprint density at radius 1 is 1.21 bits per heavy atom. The molecule has 0 aliphatic heterocycles. The van der Waals surface area contributed by atoms with E-state index in [9.17, 15) is 9.18 Å². The van der Waals surface area contributed by atoms with Crippen LogP contribution in [0.1, 0.15) is 21.1 Å². The fourth-order valence-electron chi connectivity index (χ4n) is 2.89. The topological polar surface area (TPSA) is 54.9 Å². The van der Waals surface area contributed by atoms with Crippen LogP contribution >= 0.6 is 22.7 Å². The van der Waals surface area contributed by atoms with Crippen LogP contribution in [0.2, 0.25) is 0 Å². The molecule has 28 heavy (non-hydrogen) atoms. The molecule has 0 fully saturated rings. The molecule has 0 spiro atoms. The van der Waals surface area contributed by atoms with Gasteiger partial charge >= 0.3 is 0 Å². The van der Waals surface area contributed by atoms with Gasteiger partial charge in [0.05, 0.1) is 15.7 Å². The molecule has 4 aromatic rings. The van der Waals surface area contributed by atoms with Gasteiger partial charge in [-0.1, -0.05) is 24.3 Å². The Labute approximate surface area is 169 Å². The third-order valence-corrected chi connectivity index (χ3v) is 5.89. The SMILES string of the molecule is C#Cc1nc(C(=O)NCCc2ccc(-c3cccc4ncsc34)c(F)c2)cs1. The van der Waals surface area contributed by atoms with Crippen molar-refractivity contribution in [2.45, 2.75) is 6.42 Å². The Hall–Kier alpha value is -3.08. The second kappa shape index (κ2) is 7.89. The van der Waals surface area contributed by atoms with Gasteiger partial charge in [-0.05, 0) is 30.0 Å². The molecule has 4 nitrogen and oxygen atoms in total. The number of amides is 1. The fraction of sp³-hybridized carbons (Fsp3) is 0.0952. The number of carbonyl (C=O) groups excluding carboxylic acids is 1. The van der Waals surface area contributed by atoms with Crippen LogP contribution in [0.5, 0.6) is 0 Å². The van der Waals surface area contributed by atoms with E-state index in [1.54, 1.807) is 17.0 Å². The zero-order chi connectivity index (χ0) is 19.5. The number of aromatic nitrogens is 2. The lowest BCUT2D eigenvalue weighted by Crippen LogP contribution is -2.26. The summed E-state index contributed by atoms with van der Waals surface area (Å²) in [5, 5.41) is 4.87. The van der Waals surface area contributed by atoms with Crippen LogP contribution in [-0.2, 0) is 6.42 Å². The van der Waals surface area contributed by atoms with E-state index in [1.807, 2.05) is 24.3 Å². The van der Waals surface area contributed by atoms with Crippen molar-refractivity contribution in [1.82, 2.24) is 15.3 Å². The van der Waals surface area contributed by atoms with E-state index in [2.05, 4.69) is 21.2 Å². The quantitative estimate of drug-likeness (QED) is 0.495. The molecule has 0 atom stereocenters. The molecule has 0 saturated carbocycles. The standard InChI is InChI=1S/C21H14FN3OS2/c1-2-19-25-18(11-27-19)21(26)23-9-8-13-6-7-14(16(22)10-13)15-4-3-5-17-20(15)28-12-24-17/h1,3-7,10-12H,8-9H2,(H,23,26). The highest BCUT2D eigenvalue weighted by molar-refractivity contribution is 7.17. The number of thiazole rings is 2. The second-order valence-corrected chi connectivity index (χ2v) is 7.72. The molecule has 0 unspecified atom stereocenters. The van der Waals surface area contributed by atoms with Gasteiger partial charge in [-0.3, -0.25) is 4.79 Å². The van der Waals surface area contributed by atoms with E-state index in [0.29, 0.717) is 29.2 Å².